The van der Waals surface area contributed by atoms with Gasteiger partial charge in [-0.25, -0.2) is 9.97 Å². The molecular weight excluding hydrogens is 877 g/mol. The zero-order valence-corrected chi connectivity index (χ0v) is 40.9. The van der Waals surface area contributed by atoms with E-state index in [1.807, 2.05) is 24.3 Å². The third-order valence-electron chi connectivity index (χ3n) is 13.4. The van der Waals surface area contributed by atoms with Crippen molar-refractivity contribution in [2.75, 3.05) is 9.80 Å². The normalized spacial score (nSPS) is 13.8. The van der Waals surface area contributed by atoms with E-state index in [4.69, 9.17) is 34.4 Å². The van der Waals surface area contributed by atoms with Crippen molar-refractivity contribution < 1.29 is 0 Å². The summed E-state index contributed by atoms with van der Waals surface area (Å²) in [5.41, 5.74) is 19.1. The van der Waals surface area contributed by atoms with Gasteiger partial charge in [0.25, 0.3) is 0 Å². The number of para-hydroxylation sites is 3. The minimum Gasteiger partial charge on any atom is -0.276 e. The van der Waals surface area contributed by atoms with Crippen LogP contribution in [0, 0.1) is 6.92 Å². The van der Waals surface area contributed by atoms with Crippen LogP contribution in [-0.4, -0.2) is 19.7 Å². The molecule has 0 bridgehead atoms. The van der Waals surface area contributed by atoms with Gasteiger partial charge in [-0.3, -0.25) is 9.80 Å². The van der Waals surface area contributed by atoms with E-state index in [2.05, 4.69) is 220 Å². The number of aryl methyl sites for hydroxylation is 1. The zero-order valence-electron chi connectivity index (χ0n) is 39.3. The first-order valence-electron chi connectivity index (χ1n) is 23.7. The van der Waals surface area contributed by atoms with Gasteiger partial charge in [0.15, 0.2) is 11.6 Å². The fourth-order valence-electron chi connectivity index (χ4n) is 9.95. The van der Waals surface area contributed by atoms with Crippen LogP contribution in [0.1, 0.15) is 67.3 Å². The van der Waals surface area contributed by atoms with Crippen molar-refractivity contribution in [1.82, 2.24) is 9.97 Å². The summed E-state index contributed by atoms with van der Waals surface area (Å²) in [7, 11) is 0. The van der Waals surface area contributed by atoms with Crippen molar-refractivity contribution in [2.45, 2.75) is 46.5 Å². The second-order valence-electron chi connectivity index (χ2n) is 18.5. The number of nitrogens with zero attached hydrogens (tertiary/aromatic N) is 4. The summed E-state index contributed by atoms with van der Waals surface area (Å²) in [4.78, 5) is 17.5. The number of benzene rings is 8. The largest absolute Gasteiger partial charge is 0.276 e. The summed E-state index contributed by atoms with van der Waals surface area (Å²) in [6, 6.07) is 66.9. The van der Waals surface area contributed by atoms with Crippen molar-refractivity contribution in [2.24, 2.45) is 0 Å². The molecule has 0 spiro atoms. The Bertz CT molecular complexity index is 3370. The Labute approximate surface area is 416 Å². The van der Waals surface area contributed by atoms with E-state index in [0.29, 0.717) is 0 Å². The van der Waals surface area contributed by atoms with Gasteiger partial charge in [-0.15, -0.1) is 0 Å². The molecule has 0 radical (unpaired) electrons. The number of hydrogen-bond acceptors (Lipinski definition) is 6. The van der Waals surface area contributed by atoms with Crippen LogP contribution in [0.2, 0.25) is 0 Å². The summed E-state index contributed by atoms with van der Waals surface area (Å²) in [6.45, 7) is 11.3. The SMILES string of the molecule is Cc1cc(-c2ccc(-c3ccccc3)cc2)c(N2/C(=C/C=C3C(=S)c4ccccc4C3=S)N(c3c(C(C)C)cccc3C(C)C)c3nc4ccccc4nc32)c(-c2ccc(-c3ccccc3)cc2)c1. The molecule has 0 unspecified atom stereocenters. The van der Waals surface area contributed by atoms with Crippen LogP contribution in [0.15, 0.2) is 212 Å². The van der Waals surface area contributed by atoms with Crippen LogP contribution >= 0.6 is 24.4 Å². The summed E-state index contributed by atoms with van der Waals surface area (Å²) in [6.07, 6.45) is 4.34. The molecule has 0 atom stereocenters. The molecule has 1 aliphatic carbocycles. The molecule has 2 heterocycles. The van der Waals surface area contributed by atoms with Crippen molar-refractivity contribution in [3.63, 3.8) is 0 Å². The predicted molar refractivity (Wildman–Crippen MR) is 297 cm³/mol. The molecule has 0 saturated carbocycles. The molecule has 0 amide bonds. The number of fused-ring (bicyclic) bond motifs is 3. The highest BCUT2D eigenvalue weighted by Gasteiger charge is 2.41. The molecule has 2 aliphatic rings. The van der Waals surface area contributed by atoms with E-state index in [1.165, 1.54) is 22.3 Å². The number of aromatic nitrogens is 2. The molecule has 11 rings (SSSR count). The van der Waals surface area contributed by atoms with Crippen molar-refractivity contribution in [3.8, 4) is 44.5 Å². The molecule has 0 N–H and O–H groups in total. The third-order valence-corrected chi connectivity index (χ3v) is 14.3. The predicted octanol–water partition coefficient (Wildman–Crippen LogP) is 17.1. The molecule has 8 aromatic carbocycles. The van der Waals surface area contributed by atoms with E-state index < -0.39 is 0 Å². The lowest BCUT2D eigenvalue weighted by Gasteiger charge is -2.32. The second kappa shape index (κ2) is 18.1. The van der Waals surface area contributed by atoms with Crippen LogP contribution in [0.25, 0.3) is 55.5 Å². The molecular formula is C63H50N4S2. The van der Waals surface area contributed by atoms with Gasteiger partial charge in [0.2, 0.25) is 0 Å². The first kappa shape index (κ1) is 43.9. The maximum Gasteiger partial charge on any atom is 0.183 e. The average molecular weight is 927 g/mol. The Morgan fingerprint density at radius 2 is 0.797 bits per heavy atom. The lowest BCUT2D eigenvalue weighted by Crippen LogP contribution is -2.25. The van der Waals surface area contributed by atoms with Gasteiger partial charge >= 0.3 is 0 Å². The molecule has 334 valence electrons. The molecule has 0 saturated heterocycles. The molecule has 4 nitrogen and oxygen atoms in total. The maximum atomic E-state index is 6.23. The van der Waals surface area contributed by atoms with Crippen molar-refractivity contribution >= 4 is 68.2 Å². The number of rotatable bonds is 9. The van der Waals surface area contributed by atoms with Gasteiger partial charge in [0, 0.05) is 27.8 Å². The number of thiocarbonyl (C=S) groups is 2. The molecule has 9 aromatic rings. The Balaban J connectivity index is 1.24. The van der Waals surface area contributed by atoms with Crippen molar-refractivity contribution in [3.05, 3.63) is 239 Å². The fourth-order valence-corrected chi connectivity index (χ4v) is 10.7. The van der Waals surface area contributed by atoms with Crippen LogP contribution in [0.4, 0.5) is 23.0 Å². The Kier molecular flexibility index (Phi) is 11.5. The van der Waals surface area contributed by atoms with E-state index in [1.54, 1.807) is 0 Å². The van der Waals surface area contributed by atoms with Gasteiger partial charge in [0.1, 0.15) is 5.82 Å². The third kappa shape index (κ3) is 7.90. The highest BCUT2D eigenvalue weighted by atomic mass is 32.1. The van der Waals surface area contributed by atoms with E-state index in [0.717, 1.165) is 105 Å². The Morgan fingerprint density at radius 1 is 0.406 bits per heavy atom. The van der Waals surface area contributed by atoms with Crippen LogP contribution in [-0.2, 0) is 0 Å². The number of anilines is 4. The monoisotopic (exact) mass is 926 g/mol. The molecule has 0 fully saturated rings. The van der Waals surface area contributed by atoms with Gasteiger partial charge in [-0.05, 0) is 105 Å². The Hall–Kier alpha value is -7.64. The lowest BCUT2D eigenvalue weighted by atomic mass is 9.91. The van der Waals surface area contributed by atoms with Gasteiger partial charge in [-0.2, -0.15) is 0 Å². The van der Waals surface area contributed by atoms with E-state index >= 15 is 0 Å². The summed E-state index contributed by atoms with van der Waals surface area (Å²) in [5.74, 6) is 2.76. The highest BCUT2D eigenvalue weighted by molar-refractivity contribution is 7.84. The summed E-state index contributed by atoms with van der Waals surface area (Å²) in [5, 5.41) is 0. The summed E-state index contributed by atoms with van der Waals surface area (Å²) < 4.78 is 0. The highest BCUT2D eigenvalue weighted by Crippen LogP contribution is 2.56. The average Bonchev–Trinajstić information content (AvgIpc) is 3.82. The van der Waals surface area contributed by atoms with E-state index in [9.17, 15) is 0 Å². The second-order valence-corrected chi connectivity index (χ2v) is 19.3. The van der Waals surface area contributed by atoms with Gasteiger partial charge in [0.05, 0.1) is 32.1 Å². The van der Waals surface area contributed by atoms with E-state index in [-0.39, 0.29) is 11.8 Å². The number of hydrogen-bond donors (Lipinski definition) is 0. The van der Waals surface area contributed by atoms with Crippen LogP contribution in [0.5, 0.6) is 0 Å². The fraction of sp³-hybridized carbons (Fsp3) is 0.111. The van der Waals surface area contributed by atoms with Gasteiger partial charge in [-0.1, -0.05) is 216 Å². The molecule has 1 aliphatic heterocycles. The molecule has 1 aromatic heterocycles. The summed E-state index contributed by atoms with van der Waals surface area (Å²) >= 11 is 12.5. The quantitative estimate of drug-likeness (QED) is 0.106. The minimum absolute atomic E-state index is 0.200. The molecule has 6 heteroatoms. The van der Waals surface area contributed by atoms with Gasteiger partial charge < -0.3 is 0 Å². The number of allylic oxidation sites excluding steroid dienone is 3. The minimum atomic E-state index is 0.200. The maximum absolute atomic E-state index is 6.23. The standard InChI is InChI=1S/C63H50N4S2/c1-39(2)48-23-16-24-49(40(3)4)58(48)66-57(36-35-52-60(68)50-21-12-13-22-51(50)61(52)69)67(63-62(66)64-55-25-14-15-26-56(55)65-63)59-53(46-31-27-44(28-32-46)42-17-8-6-9-18-42)37-41(5)38-54(59)47-33-29-45(30-34-47)43-19-10-7-11-20-43/h6-40H,1-5H3/b57-36+. The van der Waals surface area contributed by atoms with Crippen LogP contribution < -0.4 is 9.80 Å². The lowest BCUT2D eigenvalue weighted by molar-refractivity contribution is 0.827. The first-order valence-corrected chi connectivity index (χ1v) is 24.5. The zero-order chi connectivity index (χ0) is 47.3. The molecule has 69 heavy (non-hydrogen) atoms. The Morgan fingerprint density at radius 3 is 1.25 bits per heavy atom. The van der Waals surface area contributed by atoms with Crippen LogP contribution in [0.3, 0.4) is 0 Å². The van der Waals surface area contributed by atoms with Crippen molar-refractivity contribution in [1.29, 1.82) is 0 Å². The first-order chi connectivity index (χ1) is 33.6. The topological polar surface area (TPSA) is 32.3 Å². The smallest absolute Gasteiger partial charge is 0.183 e.